The molecule has 2 aromatic heterocycles. The van der Waals surface area contributed by atoms with Gasteiger partial charge in [0.25, 0.3) is 0 Å². The molecule has 0 saturated heterocycles. The predicted octanol–water partition coefficient (Wildman–Crippen LogP) is 2.27. The SMILES string of the molecule is CSc1ccc(NCc2csnn2)cn1. The number of nitrogens with one attached hydrogen (secondary N) is 1. The first-order valence-electron chi connectivity index (χ1n) is 4.38. The quantitative estimate of drug-likeness (QED) is 0.828. The summed E-state index contributed by atoms with van der Waals surface area (Å²) < 4.78 is 3.79. The van der Waals surface area contributed by atoms with E-state index in [1.54, 1.807) is 11.8 Å². The van der Waals surface area contributed by atoms with Crippen LogP contribution in [0.2, 0.25) is 0 Å². The van der Waals surface area contributed by atoms with Gasteiger partial charge in [0.1, 0.15) is 0 Å². The average Bonchev–Trinajstić information content (AvgIpc) is 2.80. The van der Waals surface area contributed by atoms with E-state index >= 15 is 0 Å². The van der Waals surface area contributed by atoms with E-state index in [0.717, 1.165) is 16.4 Å². The molecular weight excluding hydrogens is 228 g/mol. The molecule has 0 unspecified atom stereocenters. The highest BCUT2D eigenvalue weighted by Gasteiger charge is 1.97. The Labute approximate surface area is 96.3 Å². The van der Waals surface area contributed by atoms with Crippen LogP contribution in [0.25, 0.3) is 0 Å². The second-order valence-corrected chi connectivity index (χ2v) is 4.28. The minimum absolute atomic E-state index is 0.691. The van der Waals surface area contributed by atoms with E-state index in [0.29, 0.717) is 6.54 Å². The maximum Gasteiger partial charge on any atom is 0.0958 e. The van der Waals surface area contributed by atoms with Crippen LogP contribution in [0.1, 0.15) is 5.69 Å². The van der Waals surface area contributed by atoms with Crippen molar-refractivity contribution in [1.82, 2.24) is 14.6 Å². The molecule has 0 saturated carbocycles. The van der Waals surface area contributed by atoms with E-state index in [1.165, 1.54) is 11.5 Å². The smallest absolute Gasteiger partial charge is 0.0958 e. The highest BCUT2D eigenvalue weighted by atomic mass is 32.2. The molecule has 2 aromatic rings. The van der Waals surface area contributed by atoms with Crippen LogP contribution in [0.3, 0.4) is 0 Å². The molecule has 0 radical (unpaired) electrons. The lowest BCUT2D eigenvalue weighted by Crippen LogP contribution is -2.00. The fourth-order valence-corrected chi connectivity index (χ4v) is 1.87. The zero-order valence-electron chi connectivity index (χ0n) is 8.17. The number of anilines is 1. The highest BCUT2D eigenvalue weighted by Crippen LogP contribution is 2.14. The fraction of sp³-hybridized carbons (Fsp3) is 0.222. The molecule has 0 aliphatic rings. The second-order valence-electron chi connectivity index (χ2n) is 2.84. The third kappa shape index (κ3) is 2.90. The maximum atomic E-state index is 4.26. The zero-order valence-corrected chi connectivity index (χ0v) is 9.81. The van der Waals surface area contributed by atoms with Gasteiger partial charge >= 0.3 is 0 Å². The van der Waals surface area contributed by atoms with Gasteiger partial charge < -0.3 is 5.32 Å². The van der Waals surface area contributed by atoms with Crippen LogP contribution in [0.15, 0.2) is 28.7 Å². The van der Waals surface area contributed by atoms with Crippen molar-refractivity contribution in [3.05, 3.63) is 29.4 Å². The Bertz CT molecular complexity index is 399. The van der Waals surface area contributed by atoms with Crippen molar-refractivity contribution in [1.29, 1.82) is 0 Å². The first-order chi connectivity index (χ1) is 7.38. The monoisotopic (exact) mass is 238 g/mol. The van der Waals surface area contributed by atoms with Gasteiger partial charge in [0.15, 0.2) is 0 Å². The van der Waals surface area contributed by atoms with Gasteiger partial charge in [-0.3, -0.25) is 0 Å². The van der Waals surface area contributed by atoms with Gasteiger partial charge in [-0.05, 0) is 29.9 Å². The van der Waals surface area contributed by atoms with Crippen molar-refractivity contribution in [2.24, 2.45) is 0 Å². The van der Waals surface area contributed by atoms with Crippen LogP contribution in [0.4, 0.5) is 5.69 Å². The molecule has 0 atom stereocenters. The number of aromatic nitrogens is 3. The van der Waals surface area contributed by atoms with E-state index < -0.39 is 0 Å². The lowest BCUT2D eigenvalue weighted by Gasteiger charge is -2.03. The predicted molar refractivity (Wildman–Crippen MR) is 63.3 cm³/mol. The molecule has 0 bridgehead atoms. The van der Waals surface area contributed by atoms with Crippen molar-refractivity contribution in [2.75, 3.05) is 11.6 Å². The van der Waals surface area contributed by atoms with Crippen molar-refractivity contribution in [3.63, 3.8) is 0 Å². The van der Waals surface area contributed by atoms with E-state index in [-0.39, 0.29) is 0 Å². The molecule has 2 heterocycles. The Morgan fingerprint density at radius 2 is 2.40 bits per heavy atom. The molecular formula is C9H10N4S2. The number of nitrogens with zero attached hydrogens (tertiary/aromatic N) is 3. The van der Waals surface area contributed by atoms with Crippen molar-refractivity contribution in [3.8, 4) is 0 Å². The molecule has 4 nitrogen and oxygen atoms in total. The summed E-state index contributed by atoms with van der Waals surface area (Å²) in [5.74, 6) is 0. The van der Waals surface area contributed by atoms with E-state index in [9.17, 15) is 0 Å². The number of hydrogen-bond acceptors (Lipinski definition) is 6. The number of hydrogen-bond donors (Lipinski definition) is 1. The van der Waals surface area contributed by atoms with Gasteiger partial charge in [-0.1, -0.05) is 4.49 Å². The molecule has 2 rings (SSSR count). The average molecular weight is 238 g/mol. The molecule has 0 fully saturated rings. The van der Waals surface area contributed by atoms with Crippen molar-refractivity contribution >= 4 is 29.0 Å². The molecule has 0 aliphatic carbocycles. The minimum atomic E-state index is 0.691. The fourth-order valence-electron chi connectivity index (χ4n) is 1.06. The summed E-state index contributed by atoms with van der Waals surface area (Å²) in [7, 11) is 0. The summed E-state index contributed by atoms with van der Waals surface area (Å²) in [6, 6.07) is 4.00. The van der Waals surface area contributed by atoms with E-state index in [4.69, 9.17) is 0 Å². The summed E-state index contributed by atoms with van der Waals surface area (Å²) in [5.41, 5.74) is 1.95. The lowest BCUT2D eigenvalue weighted by molar-refractivity contribution is 0.993. The van der Waals surface area contributed by atoms with Gasteiger partial charge in [0.05, 0.1) is 29.1 Å². The molecule has 6 heteroatoms. The Balaban J connectivity index is 1.93. The second kappa shape index (κ2) is 5.09. The molecule has 0 amide bonds. The molecule has 15 heavy (non-hydrogen) atoms. The largest absolute Gasteiger partial charge is 0.378 e. The maximum absolute atomic E-state index is 4.26. The Morgan fingerprint density at radius 3 is 3.00 bits per heavy atom. The van der Waals surface area contributed by atoms with Crippen LogP contribution in [-0.2, 0) is 6.54 Å². The summed E-state index contributed by atoms with van der Waals surface area (Å²) in [4.78, 5) is 4.26. The molecule has 0 aliphatic heterocycles. The van der Waals surface area contributed by atoms with Gasteiger partial charge in [0, 0.05) is 5.38 Å². The van der Waals surface area contributed by atoms with Gasteiger partial charge in [-0.15, -0.1) is 16.9 Å². The normalized spacial score (nSPS) is 10.2. The van der Waals surface area contributed by atoms with E-state index in [1.807, 2.05) is 30.0 Å². The minimum Gasteiger partial charge on any atom is -0.378 e. The van der Waals surface area contributed by atoms with Gasteiger partial charge in [-0.25, -0.2) is 4.98 Å². The first kappa shape index (κ1) is 10.4. The van der Waals surface area contributed by atoms with Gasteiger partial charge in [0.2, 0.25) is 0 Å². The van der Waals surface area contributed by atoms with Crippen LogP contribution in [0.5, 0.6) is 0 Å². The number of rotatable bonds is 4. The third-order valence-electron chi connectivity index (χ3n) is 1.82. The van der Waals surface area contributed by atoms with Crippen molar-refractivity contribution in [2.45, 2.75) is 11.6 Å². The standard InChI is InChI=1S/C9H10N4S2/c1-14-9-3-2-7(4-11-9)10-5-8-6-15-13-12-8/h2-4,6,10H,5H2,1H3. The number of thioether (sulfide) groups is 1. The summed E-state index contributed by atoms with van der Waals surface area (Å²) >= 11 is 2.99. The molecule has 0 spiro atoms. The number of pyridine rings is 1. The Hall–Kier alpha value is -1.14. The zero-order chi connectivity index (χ0) is 10.5. The Morgan fingerprint density at radius 1 is 1.47 bits per heavy atom. The van der Waals surface area contributed by atoms with Gasteiger partial charge in [-0.2, -0.15) is 0 Å². The molecule has 78 valence electrons. The summed E-state index contributed by atoms with van der Waals surface area (Å²) in [6.45, 7) is 0.691. The topological polar surface area (TPSA) is 50.7 Å². The van der Waals surface area contributed by atoms with Crippen molar-refractivity contribution < 1.29 is 0 Å². The third-order valence-corrected chi connectivity index (χ3v) is 3.04. The van der Waals surface area contributed by atoms with E-state index in [2.05, 4.69) is 19.9 Å². The first-order valence-corrected chi connectivity index (χ1v) is 6.44. The summed E-state index contributed by atoms with van der Waals surface area (Å²) in [6.07, 6.45) is 3.84. The molecule has 0 aromatic carbocycles. The van der Waals surface area contributed by atoms with Crippen LogP contribution in [-0.4, -0.2) is 20.8 Å². The summed E-state index contributed by atoms with van der Waals surface area (Å²) in [5, 5.41) is 10.1. The Kier molecular flexibility index (Phi) is 3.52. The van der Waals surface area contributed by atoms with Crippen LogP contribution >= 0.6 is 23.3 Å². The van der Waals surface area contributed by atoms with Crippen LogP contribution in [0, 0.1) is 0 Å². The lowest BCUT2D eigenvalue weighted by atomic mass is 10.4. The van der Waals surface area contributed by atoms with Crippen LogP contribution < -0.4 is 5.32 Å². The molecule has 1 N–H and O–H groups in total. The highest BCUT2D eigenvalue weighted by molar-refractivity contribution is 7.98.